The molecule has 0 radical (unpaired) electrons. The van der Waals surface area contributed by atoms with Gasteiger partial charge in [-0.2, -0.15) is 0 Å². The first-order valence-electron chi connectivity index (χ1n) is 7.41. The lowest BCUT2D eigenvalue weighted by atomic mass is 10.1. The van der Waals surface area contributed by atoms with Crippen LogP contribution in [0.1, 0.15) is 19.3 Å². The van der Waals surface area contributed by atoms with E-state index in [0.29, 0.717) is 23.5 Å². The number of anilines is 1. The van der Waals surface area contributed by atoms with E-state index in [1.165, 1.54) is 0 Å². The van der Waals surface area contributed by atoms with Crippen molar-refractivity contribution in [1.82, 2.24) is 9.88 Å². The van der Waals surface area contributed by atoms with Gasteiger partial charge in [0.05, 0.1) is 25.6 Å². The van der Waals surface area contributed by atoms with Gasteiger partial charge in [0.2, 0.25) is 5.88 Å². The predicted molar refractivity (Wildman–Crippen MR) is 78.5 cm³/mol. The summed E-state index contributed by atoms with van der Waals surface area (Å²) in [6, 6.07) is 3.88. The molecule has 0 aromatic carbocycles. The van der Waals surface area contributed by atoms with E-state index in [0.717, 1.165) is 39.0 Å². The van der Waals surface area contributed by atoms with Crippen molar-refractivity contribution in [2.45, 2.75) is 25.3 Å². The fourth-order valence-corrected chi connectivity index (χ4v) is 2.56. The molecule has 1 aromatic heterocycles. The number of pyridine rings is 1. The first-order chi connectivity index (χ1) is 10.3. The Bertz CT molecular complexity index is 481. The van der Waals surface area contributed by atoms with Gasteiger partial charge in [0.1, 0.15) is 0 Å². The molecule has 3 rings (SSSR count). The Morgan fingerprint density at radius 1 is 1.48 bits per heavy atom. The summed E-state index contributed by atoms with van der Waals surface area (Å²) in [7, 11) is 1.57. The number of amides is 2. The van der Waals surface area contributed by atoms with Crippen LogP contribution in [0.25, 0.3) is 0 Å². The zero-order valence-corrected chi connectivity index (χ0v) is 12.2. The molecule has 2 fully saturated rings. The topological polar surface area (TPSA) is 63.7 Å². The highest BCUT2D eigenvalue weighted by Crippen LogP contribution is 2.29. The van der Waals surface area contributed by atoms with Gasteiger partial charge in [-0.25, -0.2) is 9.78 Å². The highest BCUT2D eigenvalue weighted by Gasteiger charge is 2.34. The van der Waals surface area contributed by atoms with Gasteiger partial charge in [-0.1, -0.05) is 0 Å². The average molecular weight is 291 g/mol. The number of hydrogen-bond donors (Lipinski definition) is 1. The number of aromatic nitrogens is 1. The molecule has 1 aromatic rings. The van der Waals surface area contributed by atoms with Gasteiger partial charge in [0, 0.05) is 31.2 Å². The monoisotopic (exact) mass is 291 g/mol. The molecule has 0 unspecified atom stereocenters. The quantitative estimate of drug-likeness (QED) is 0.902. The molecule has 6 nitrogen and oxygen atoms in total. The van der Waals surface area contributed by atoms with E-state index in [1.54, 1.807) is 25.4 Å². The van der Waals surface area contributed by atoms with Crippen molar-refractivity contribution in [1.29, 1.82) is 0 Å². The second-order valence-electron chi connectivity index (χ2n) is 5.63. The van der Waals surface area contributed by atoms with Crippen molar-refractivity contribution in [3.8, 4) is 5.88 Å². The maximum Gasteiger partial charge on any atom is 0.322 e. The number of rotatable bonds is 5. The van der Waals surface area contributed by atoms with Crippen LogP contribution in [0.4, 0.5) is 10.5 Å². The standard InChI is InChI=1S/C15H21N3O3/c1-20-14-5-2-12(8-16-14)17-15(19)18(13-3-4-13)9-11-6-7-21-10-11/h2,5,8,11,13H,3-4,6-7,9-10H2,1H3,(H,17,19)/t11-/m0/s1. The molecule has 21 heavy (non-hydrogen) atoms. The van der Waals surface area contributed by atoms with Gasteiger partial charge in [-0.15, -0.1) is 0 Å². The van der Waals surface area contributed by atoms with Crippen molar-refractivity contribution in [2.24, 2.45) is 5.92 Å². The van der Waals surface area contributed by atoms with Crippen LogP contribution >= 0.6 is 0 Å². The van der Waals surface area contributed by atoms with Crippen LogP contribution in [-0.2, 0) is 4.74 Å². The normalized spacial score (nSPS) is 21.1. The second kappa shape index (κ2) is 6.30. The molecule has 2 amide bonds. The molecule has 1 N–H and O–H groups in total. The summed E-state index contributed by atoms with van der Waals surface area (Å²) < 4.78 is 10.4. The molecule has 1 aliphatic carbocycles. The van der Waals surface area contributed by atoms with Gasteiger partial charge in [-0.3, -0.25) is 0 Å². The van der Waals surface area contributed by atoms with E-state index in [-0.39, 0.29) is 6.03 Å². The van der Waals surface area contributed by atoms with Crippen molar-refractivity contribution in [3.05, 3.63) is 18.3 Å². The molecule has 1 aliphatic heterocycles. The van der Waals surface area contributed by atoms with Crippen molar-refractivity contribution in [2.75, 3.05) is 32.2 Å². The fourth-order valence-electron chi connectivity index (χ4n) is 2.56. The third kappa shape index (κ3) is 3.64. The second-order valence-corrected chi connectivity index (χ2v) is 5.63. The first kappa shape index (κ1) is 14.1. The third-order valence-electron chi connectivity index (χ3n) is 3.92. The molecule has 2 heterocycles. The Morgan fingerprint density at radius 3 is 2.90 bits per heavy atom. The van der Waals surface area contributed by atoms with Gasteiger partial charge in [-0.05, 0) is 25.3 Å². The Morgan fingerprint density at radius 2 is 2.33 bits per heavy atom. The Hall–Kier alpha value is -1.82. The SMILES string of the molecule is COc1ccc(NC(=O)N(C[C@@H]2CCOC2)C2CC2)cn1. The van der Waals surface area contributed by atoms with Crippen LogP contribution < -0.4 is 10.1 Å². The maximum absolute atomic E-state index is 12.5. The number of carbonyl (C=O) groups is 1. The van der Waals surface area contributed by atoms with E-state index < -0.39 is 0 Å². The van der Waals surface area contributed by atoms with E-state index in [2.05, 4.69) is 10.3 Å². The van der Waals surface area contributed by atoms with Gasteiger partial charge in [0.25, 0.3) is 0 Å². The number of methoxy groups -OCH3 is 1. The lowest BCUT2D eigenvalue weighted by molar-refractivity contribution is 0.167. The minimum atomic E-state index is -0.0450. The molecule has 1 atom stereocenters. The van der Waals surface area contributed by atoms with Crippen LogP contribution in [0, 0.1) is 5.92 Å². The molecule has 114 valence electrons. The molecule has 0 bridgehead atoms. The van der Waals surface area contributed by atoms with E-state index in [9.17, 15) is 4.79 Å². The zero-order chi connectivity index (χ0) is 14.7. The number of nitrogens with zero attached hydrogens (tertiary/aromatic N) is 2. The lowest BCUT2D eigenvalue weighted by Crippen LogP contribution is -2.40. The number of urea groups is 1. The Labute approximate surface area is 124 Å². The smallest absolute Gasteiger partial charge is 0.322 e. The Balaban J connectivity index is 1.60. The maximum atomic E-state index is 12.5. The number of hydrogen-bond acceptors (Lipinski definition) is 4. The minimum Gasteiger partial charge on any atom is -0.481 e. The van der Waals surface area contributed by atoms with Gasteiger partial charge in [0.15, 0.2) is 0 Å². The first-order valence-corrected chi connectivity index (χ1v) is 7.41. The van der Waals surface area contributed by atoms with Crippen molar-refractivity contribution >= 4 is 11.7 Å². The van der Waals surface area contributed by atoms with Crippen molar-refractivity contribution < 1.29 is 14.3 Å². The van der Waals surface area contributed by atoms with Crippen molar-refractivity contribution in [3.63, 3.8) is 0 Å². The molecule has 1 saturated carbocycles. The van der Waals surface area contributed by atoms with E-state index in [4.69, 9.17) is 9.47 Å². The molecular weight excluding hydrogens is 270 g/mol. The minimum absolute atomic E-state index is 0.0450. The highest BCUT2D eigenvalue weighted by molar-refractivity contribution is 5.89. The molecule has 2 aliphatic rings. The molecule has 0 spiro atoms. The summed E-state index contributed by atoms with van der Waals surface area (Å²) >= 11 is 0. The molecule has 1 saturated heterocycles. The molecular formula is C15H21N3O3. The summed E-state index contributed by atoms with van der Waals surface area (Å²) in [5, 5.41) is 2.92. The Kier molecular flexibility index (Phi) is 4.24. The summed E-state index contributed by atoms with van der Waals surface area (Å²) in [6.07, 6.45) is 4.85. The largest absolute Gasteiger partial charge is 0.481 e. The van der Waals surface area contributed by atoms with Crippen LogP contribution in [0.5, 0.6) is 5.88 Å². The predicted octanol–water partition coefficient (Wildman–Crippen LogP) is 2.12. The highest BCUT2D eigenvalue weighted by atomic mass is 16.5. The molecule has 6 heteroatoms. The van der Waals surface area contributed by atoms with Crippen LogP contribution in [0.3, 0.4) is 0 Å². The number of nitrogens with one attached hydrogen (secondary N) is 1. The van der Waals surface area contributed by atoms with Gasteiger partial charge >= 0.3 is 6.03 Å². The summed E-state index contributed by atoms with van der Waals surface area (Å²) in [5.74, 6) is 1.00. The van der Waals surface area contributed by atoms with Crippen LogP contribution in [-0.4, -0.2) is 48.8 Å². The third-order valence-corrected chi connectivity index (χ3v) is 3.92. The zero-order valence-electron chi connectivity index (χ0n) is 12.2. The summed E-state index contributed by atoms with van der Waals surface area (Å²) in [5.41, 5.74) is 0.689. The summed E-state index contributed by atoms with van der Waals surface area (Å²) in [4.78, 5) is 18.5. The number of ether oxygens (including phenoxy) is 2. The van der Waals surface area contributed by atoms with E-state index >= 15 is 0 Å². The summed E-state index contributed by atoms with van der Waals surface area (Å²) in [6.45, 7) is 2.36. The van der Waals surface area contributed by atoms with Crippen LogP contribution in [0.15, 0.2) is 18.3 Å². The fraction of sp³-hybridized carbons (Fsp3) is 0.600. The van der Waals surface area contributed by atoms with E-state index in [1.807, 2.05) is 4.90 Å². The average Bonchev–Trinajstić information content (AvgIpc) is 3.21. The van der Waals surface area contributed by atoms with Gasteiger partial charge < -0.3 is 19.7 Å². The lowest BCUT2D eigenvalue weighted by Gasteiger charge is -2.25. The number of carbonyl (C=O) groups excluding carboxylic acids is 1. The van der Waals surface area contributed by atoms with Crippen LogP contribution in [0.2, 0.25) is 0 Å².